The fourth-order valence-electron chi connectivity index (χ4n) is 3.47. The Balaban J connectivity index is 1.27. The molecule has 0 aliphatic carbocycles. The number of rotatable bonds is 7. The van der Waals surface area contributed by atoms with Crippen molar-refractivity contribution >= 4 is 28.9 Å². The smallest absolute Gasteiger partial charge is 0.344 e. The highest BCUT2D eigenvalue weighted by Crippen LogP contribution is 2.41. The van der Waals surface area contributed by atoms with Crippen molar-refractivity contribution in [2.45, 2.75) is 32.8 Å². The minimum absolute atomic E-state index is 0.310. The van der Waals surface area contributed by atoms with E-state index in [9.17, 15) is 9.59 Å². The number of para-hydroxylation sites is 1. The van der Waals surface area contributed by atoms with Crippen LogP contribution in [0.1, 0.15) is 24.4 Å². The quantitative estimate of drug-likeness (QED) is 0.535. The highest BCUT2D eigenvalue weighted by Gasteiger charge is 2.32. The van der Waals surface area contributed by atoms with Gasteiger partial charge in [-0.05, 0) is 39.0 Å². The van der Waals surface area contributed by atoms with Crippen LogP contribution in [0.15, 0.2) is 47.8 Å². The molecule has 166 valence electrons. The van der Waals surface area contributed by atoms with Gasteiger partial charge < -0.3 is 19.5 Å². The number of carbonyl (C=O) groups excluding carboxylic acids is 2. The zero-order valence-electron chi connectivity index (χ0n) is 18.1. The van der Waals surface area contributed by atoms with Gasteiger partial charge in [-0.2, -0.15) is 0 Å². The van der Waals surface area contributed by atoms with Crippen molar-refractivity contribution in [2.75, 3.05) is 18.5 Å². The summed E-state index contributed by atoms with van der Waals surface area (Å²) in [6, 6.07) is 12.9. The molecular weight excluding hydrogens is 428 g/mol. The molecule has 0 radical (unpaired) electrons. The number of carbonyl (C=O) groups is 2. The molecule has 0 spiro atoms. The molecule has 0 atom stereocenters. The van der Waals surface area contributed by atoms with E-state index in [1.54, 1.807) is 23.5 Å². The van der Waals surface area contributed by atoms with Gasteiger partial charge in [0.05, 0.1) is 10.7 Å². The first-order valence-corrected chi connectivity index (χ1v) is 11.1. The Morgan fingerprint density at radius 1 is 1.19 bits per heavy atom. The average Bonchev–Trinajstić information content (AvgIpc) is 3.32. The van der Waals surface area contributed by atoms with E-state index < -0.39 is 18.5 Å². The number of nitrogens with zero attached hydrogens (tertiary/aromatic N) is 1. The topological polar surface area (TPSA) is 86.8 Å². The molecule has 0 saturated heterocycles. The summed E-state index contributed by atoms with van der Waals surface area (Å²) in [7, 11) is 0. The lowest BCUT2D eigenvalue weighted by Crippen LogP contribution is -2.25. The summed E-state index contributed by atoms with van der Waals surface area (Å²) in [6.45, 7) is 5.22. The molecule has 0 saturated carbocycles. The lowest BCUT2D eigenvalue weighted by Gasteiger charge is -2.18. The number of esters is 1. The van der Waals surface area contributed by atoms with Crippen molar-refractivity contribution in [3.63, 3.8) is 0 Å². The summed E-state index contributed by atoms with van der Waals surface area (Å²) in [5.41, 5.74) is 3.08. The number of ether oxygens (including phenoxy) is 3. The highest BCUT2D eigenvalue weighted by molar-refractivity contribution is 7.09. The van der Waals surface area contributed by atoms with E-state index in [1.807, 2.05) is 56.5 Å². The Hall–Kier alpha value is -3.39. The van der Waals surface area contributed by atoms with Crippen LogP contribution < -0.4 is 14.8 Å². The Morgan fingerprint density at radius 3 is 2.78 bits per heavy atom. The number of anilines is 1. The number of aryl methyl sites for hydroxylation is 1. The van der Waals surface area contributed by atoms with Crippen molar-refractivity contribution in [1.29, 1.82) is 0 Å². The van der Waals surface area contributed by atoms with E-state index in [2.05, 4.69) is 10.3 Å². The highest BCUT2D eigenvalue weighted by atomic mass is 32.1. The van der Waals surface area contributed by atoms with E-state index in [1.165, 1.54) is 0 Å². The number of aromatic nitrogens is 1. The van der Waals surface area contributed by atoms with Crippen LogP contribution in [-0.2, 0) is 20.7 Å². The van der Waals surface area contributed by atoms with E-state index >= 15 is 0 Å². The van der Waals surface area contributed by atoms with Crippen LogP contribution in [0.5, 0.6) is 11.5 Å². The zero-order chi connectivity index (χ0) is 22.7. The molecule has 8 heteroatoms. The van der Waals surface area contributed by atoms with Crippen LogP contribution in [0.2, 0.25) is 0 Å². The first kappa shape index (κ1) is 21.8. The predicted molar refractivity (Wildman–Crippen MR) is 122 cm³/mol. The minimum Gasteiger partial charge on any atom is -0.483 e. The van der Waals surface area contributed by atoms with Gasteiger partial charge in [-0.25, -0.2) is 9.78 Å². The molecule has 2 aromatic carbocycles. The van der Waals surface area contributed by atoms with Gasteiger partial charge in [0.15, 0.2) is 24.7 Å². The second-order valence-electron chi connectivity index (χ2n) is 8.11. The molecule has 0 fully saturated rings. The van der Waals surface area contributed by atoms with E-state index in [4.69, 9.17) is 14.2 Å². The SMILES string of the molecule is Cc1nc(-c2cccc(NC(=O)COC(=O)COc3cccc4c3OC(C)(C)C4)c2)cs1. The molecule has 1 aliphatic rings. The molecule has 1 aliphatic heterocycles. The van der Waals surface area contributed by atoms with Crippen molar-refractivity contribution in [1.82, 2.24) is 4.98 Å². The molecule has 0 bridgehead atoms. The lowest BCUT2D eigenvalue weighted by molar-refractivity contribution is -0.149. The fraction of sp³-hybridized carbons (Fsp3) is 0.292. The summed E-state index contributed by atoms with van der Waals surface area (Å²) in [5.74, 6) is 0.0687. The lowest BCUT2D eigenvalue weighted by atomic mass is 10.0. The molecule has 4 rings (SSSR count). The normalized spacial score (nSPS) is 13.7. The first-order valence-electron chi connectivity index (χ1n) is 10.2. The number of fused-ring (bicyclic) bond motifs is 1. The van der Waals surface area contributed by atoms with Crippen molar-refractivity contribution in [3.05, 3.63) is 58.4 Å². The molecule has 7 nitrogen and oxygen atoms in total. The standard InChI is InChI=1S/C24H24N2O5S/c1-15-25-19(14-32-15)16-6-4-8-18(10-16)26-21(27)12-30-22(28)13-29-20-9-5-7-17-11-24(2,3)31-23(17)20/h4-10,14H,11-13H2,1-3H3,(H,26,27). The van der Waals surface area contributed by atoms with Gasteiger partial charge in [-0.15, -0.1) is 11.3 Å². The average molecular weight is 453 g/mol. The molecule has 0 unspecified atom stereocenters. The molecule has 32 heavy (non-hydrogen) atoms. The van der Waals surface area contributed by atoms with E-state index in [0.29, 0.717) is 17.2 Å². The summed E-state index contributed by atoms with van der Waals surface area (Å²) in [4.78, 5) is 28.7. The van der Waals surface area contributed by atoms with Crippen LogP contribution in [-0.4, -0.2) is 35.7 Å². The largest absolute Gasteiger partial charge is 0.483 e. The minimum atomic E-state index is -0.637. The van der Waals surface area contributed by atoms with Gasteiger partial charge in [-0.3, -0.25) is 4.79 Å². The van der Waals surface area contributed by atoms with Crippen molar-refractivity contribution in [2.24, 2.45) is 0 Å². The predicted octanol–water partition coefficient (Wildman–Crippen LogP) is 4.39. The number of amides is 1. The van der Waals surface area contributed by atoms with Gasteiger partial charge in [0.2, 0.25) is 0 Å². The van der Waals surface area contributed by atoms with Crippen molar-refractivity contribution < 1.29 is 23.8 Å². The van der Waals surface area contributed by atoms with Crippen LogP contribution in [0, 0.1) is 6.92 Å². The van der Waals surface area contributed by atoms with Crippen molar-refractivity contribution in [3.8, 4) is 22.8 Å². The van der Waals surface area contributed by atoms with Gasteiger partial charge in [0, 0.05) is 28.6 Å². The Morgan fingerprint density at radius 2 is 2.00 bits per heavy atom. The molecule has 1 amide bonds. The molecule has 1 N–H and O–H groups in total. The number of hydrogen-bond acceptors (Lipinski definition) is 7. The maximum atomic E-state index is 12.2. The second kappa shape index (κ2) is 9.00. The summed E-state index contributed by atoms with van der Waals surface area (Å²) < 4.78 is 16.6. The second-order valence-corrected chi connectivity index (χ2v) is 9.18. The monoisotopic (exact) mass is 452 g/mol. The van der Waals surface area contributed by atoms with E-state index in [0.717, 1.165) is 28.2 Å². The third kappa shape index (κ3) is 5.26. The summed E-state index contributed by atoms with van der Waals surface area (Å²) in [5, 5.41) is 5.67. The number of hydrogen-bond donors (Lipinski definition) is 1. The molecule has 2 heterocycles. The van der Waals surface area contributed by atoms with Gasteiger partial charge >= 0.3 is 5.97 Å². The van der Waals surface area contributed by atoms with Crippen LogP contribution in [0.25, 0.3) is 11.3 Å². The number of benzene rings is 2. The van der Waals surface area contributed by atoms with Gasteiger partial charge in [0.25, 0.3) is 5.91 Å². The van der Waals surface area contributed by atoms with Gasteiger partial charge in [0.1, 0.15) is 5.60 Å². The maximum absolute atomic E-state index is 12.2. The Bertz CT molecular complexity index is 1150. The Labute approximate surface area is 190 Å². The summed E-state index contributed by atoms with van der Waals surface area (Å²) >= 11 is 1.56. The third-order valence-electron chi connectivity index (χ3n) is 4.83. The molecule has 3 aromatic rings. The maximum Gasteiger partial charge on any atom is 0.344 e. The third-order valence-corrected chi connectivity index (χ3v) is 5.60. The molecule has 1 aromatic heterocycles. The number of thiazole rings is 1. The van der Waals surface area contributed by atoms with Crippen LogP contribution >= 0.6 is 11.3 Å². The van der Waals surface area contributed by atoms with Crippen LogP contribution in [0.4, 0.5) is 5.69 Å². The number of nitrogens with one attached hydrogen (secondary N) is 1. The Kier molecular flexibility index (Phi) is 6.14. The van der Waals surface area contributed by atoms with Gasteiger partial charge in [-0.1, -0.05) is 24.3 Å². The zero-order valence-corrected chi connectivity index (χ0v) is 19.0. The first-order chi connectivity index (χ1) is 15.3. The van der Waals surface area contributed by atoms with Crippen LogP contribution in [0.3, 0.4) is 0 Å². The fourth-order valence-corrected chi connectivity index (χ4v) is 4.10. The molecular formula is C24H24N2O5S. The van der Waals surface area contributed by atoms with E-state index in [-0.39, 0.29) is 12.2 Å². The summed E-state index contributed by atoms with van der Waals surface area (Å²) in [6.07, 6.45) is 0.771.